The Labute approximate surface area is 90.3 Å². The van der Waals surface area contributed by atoms with E-state index in [-0.39, 0.29) is 0 Å². The van der Waals surface area contributed by atoms with Crippen molar-refractivity contribution in [3.05, 3.63) is 41.0 Å². The van der Waals surface area contributed by atoms with Crippen molar-refractivity contribution in [2.45, 2.75) is 26.4 Å². The summed E-state index contributed by atoms with van der Waals surface area (Å²) in [6.45, 7) is 5.47. The van der Waals surface area contributed by atoms with Crippen LogP contribution in [0.25, 0.3) is 6.08 Å². The fourth-order valence-corrected chi connectivity index (χ4v) is 1.63. The summed E-state index contributed by atoms with van der Waals surface area (Å²) >= 11 is 0. The van der Waals surface area contributed by atoms with Crippen LogP contribution in [0.15, 0.2) is 24.3 Å². The van der Waals surface area contributed by atoms with Gasteiger partial charge in [-0.25, -0.2) is 0 Å². The Kier molecular flexibility index (Phi) is 3.43. The number of aldehydes is 1. The van der Waals surface area contributed by atoms with Gasteiger partial charge in [-0.3, -0.25) is 4.79 Å². The molecule has 0 saturated heterocycles. The maximum atomic E-state index is 10.2. The minimum atomic E-state index is -0.822. The van der Waals surface area contributed by atoms with Crippen LogP contribution < -0.4 is 0 Å². The molecule has 15 heavy (non-hydrogen) atoms. The Morgan fingerprint density at radius 1 is 1.33 bits per heavy atom. The Morgan fingerprint density at radius 2 is 2.00 bits per heavy atom. The molecule has 0 spiro atoms. The van der Waals surface area contributed by atoms with Gasteiger partial charge in [0, 0.05) is 0 Å². The average molecular weight is 204 g/mol. The molecule has 0 heterocycles. The molecule has 2 nitrogen and oxygen atoms in total. The third-order valence-corrected chi connectivity index (χ3v) is 2.28. The van der Waals surface area contributed by atoms with Crippen molar-refractivity contribution in [3.8, 4) is 0 Å². The molecule has 1 aromatic rings. The molecule has 0 saturated carbocycles. The second-order valence-corrected chi connectivity index (χ2v) is 4.13. The van der Waals surface area contributed by atoms with Gasteiger partial charge in [-0.2, -0.15) is 0 Å². The number of rotatable bonds is 3. The standard InChI is InChI=1S/C13H16O2/c1-10-9-11(5-4-8-14)6-7-12(10)13(2,3)15/h4-9,15H,1-3H3/b5-4+. The molecule has 0 atom stereocenters. The van der Waals surface area contributed by atoms with Gasteiger partial charge in [0.1, 0.15) is 6.29 Å². The van der Waals surface area contributed by atoms with E-state index < -0.39 is 5.60 Å². The summed E-state index contributed by atoms with van der Waals surface area (Å²) in [6.07, 6.45) is 3.95. The number of aliphatic hydroxyl groups is 1. The third kappa shape index (κ3) is 3.03. The number of hydrogen-bond donors (Lipinski definition) is 1. The first-order chi connectivity index (χ1) is 6.95. The predicted molar refractivity (Wildman–Crippen MR) is 61.5 cm³/mol. The summed E-state index contributed by atoms with van der Waals surface area (Å²) in [4.78, 5) is 10.2. The van der Waals surface area contributed by atoms with Crippen molar-refractivity contribution < 1.29 is 9.90 Å². The summed E-state index contributed by atoms with van der Waals surface area (Å²) in [5.41, 5.74) is 2.07. The lowest BCUT2D eigenvalue weighted by Crippen LogP contribution is -2.16. The quantitative estimate of drug-likeness (QED) is 0.606. The van der Waals surface area contributed by atoms with Crippen LogP contribution in [0.1, 0.15) is 30.5 Å². The zero-order valence-electron chi connectivity index (χ0n) is 9.32. The van der Waals surface area contributed by atoms with Gasteiger partial charge in [-0.1, -0.05) is 24.3 Å². The molecular formula is C13H16O2. The van der Waals surface area contributed by atoms with E-state index in [1.54, 1.807) is 19.9 Å². The molecule has 0 bridgehead atoms. The Hall–Kier alpha value is -1.41. The van der Waals surface area contributed by atoms with E-state index >= 15 is 0 Å². The first kappa shape index (κ1) is 11.7. The van der Waals surface area contributed by atoms with Gasteiger partial charge in [-0.05, 0) is 43.5 Å². The van der Waals surface area contributed by atoms with Crippen molar-refractivity contribution in [3.63, 3.8) is 0 Å². The molecule has 0 radical (unpaired) electrons. The molecule has 0 unspecified atom stereocenters. The highest BCUT2D eigenvalue weighted by Crippen LogP contribution is 2.24. The normalized spacial score (nSPS) is 12.0. The van der Waals surface area contributed by atoms with Crippen LogP contribution in [0.5, 0.6) is 0 Å². The van der Waals surface area contributed by atoms with Crippen LogP contribution in [-0.2, 0) is 10.4 Å². The summed E-state index contributed by atoms with van der Waals surface area (Å²) in [6, 6.07) is 5.73. The molecule has 0 aliphatic rings. The minimum Gasteiger partial charge on any atom is -0.386 e. The maximum Gasteiger partial charge on any atom is 0.142 e. The van der Waals surface area contributed by atoms with Crippen molar-refractivity contribution in [1.82, 2.24) is 0 Å². The molecular weight excluding hydrogens is 188 g/mol. The van der Waals surface area contributed by atoms with Crippen LogP contribution in [0.3, 0.4) is 0 Å². The third-order valence-electron chi connectivity index (χ3n) is 2.28. The number of benzene rings is 1. The molecule has 1 aromatic carbocycles. The minimum absolute atomic E-state index is 0.749. The monoisotopic (exact) mass is 204 g/mol. The van der Waals surface area contributed by atoms with Crippen LogP contribution in [-0.4, -0.2) is 11.4 Å². The van der Waals surface area contributed by atoms with Gasteiger partial charge < -0.3 is 5.11 Å². The van der Waals surface area contributed by atoms with Gasteiger partial charge in [0.25, 0.3) is 0 Å². The van der Waals surface area contributed by atoms with E-state index in [4.69, 9.17) is 0 Å². The van der Waals surface area contributed by atoms with Crippen LogP contribution in [0.2, 0.25) is 0 Å². The van der Waals surface area contributed by atoms with Gasteiger partial charge in [0.05, 0.1) is 5.60 Å². The number of aryl methyl sites for hydroxylation is 1. The maximum absolute atomic E-state index is 10.2. The number of hydrogen-bond acceptors (Lipinski definition) is 2. The molecule has 0 amide bonds. The molecule has 0 aliphatic heterocycles. The zero-order chi connectivity index (χ0) is 11.5. The van der Waals surface area contributed by atoms with Crippen molar-refractivity contribution in [2.24, 2.45) is 0 Å². The van der Waals surface area contributed by atoms with E-state index in [1.807, 2.05) is 25.1 Å². The van der Waals surface area contributed by atoms with Crippen LogP contribution in [0.4, 0.5) is 0 Å². The predicted octanol–water partition coefficient (Wildman–Crippen LogP) is 2.43. The van der Waals surface area contributed by atoms with E-state index in [9.17, 15) is 9.90 Å². The Morgan fingerprint density at radius 3 is 2.47 bits per heavy atom. The van der Waals surface area contributed by atoms with E-state index in [0.29, 0.717) is 0 Å². The number of carbonyl (C=O) groups is 1. The summed E-state index contributed by atoms with van der Waals surface area (Å²) in [5.74, 6) is 0. The molecule has 80 valence electrons. The SMILES string of the molecule is Cc1cc(/C=C/C=O)ccc1C(C)(C)O. The van der Waals surface area contributed by atoms with Gasteiger partial charge in [-0.15, -0.1) is 0 Å². The zero-order valence-corrected chi connectivity index (χ0v) is 9.32. The molecule has 0 aliphatic carbocycles. The summed E-state index contributed by atoms with van der Waals surface area (Å²) < 4.78 is 0. The Balaban J connectivity index is 3.09. The molecule has 1 rings (SSSR count). The van der Waals surface area contributed by atoms with Crippen LogP contribution >= 0.6 is 0 Å². The van der Waals surface area contributed by atoms with Gasteiger partial charge >= 0.3 is 0 Å². The highest BCUT2D eigenvalue weighted by molar-refractivity contribution is 5.74. The van der Waals surface area contributed by atoms with Crippen molar-refractivity contribution in [2.75, 3.05) is 0 Å². The lowest BCUT2D eigenvalue weighted by atomic mass is 9.92. The van der Waals surface area contributed by atoms with Crippen molar-refractivity contribution in [1.29, 1.82) is 0 Å². The lowest BCUT2D eigenvalue weighted by molar-refractivity contribution is -0.104. The fourth-order valence-electron chi connectivity index (χ4n) is 1.63. The topological polar surface area (TPSA) is 37.3 Å². The van der Waals surface area contributed by atoms with Crippen LogP contribution in [0, 0.1) is 6.92 Å². The van der Waals surface area contributed by atoms with E-state index in [1.165, 1.54) is 6.08 Å². The second-order valence-electron chi connectivity index (χ2n) is 4.13. The first-order valence-corrected chi connectivity index (χ1v) is 4.90. The molecule has 1 N–H and O–H groups in total. The first-order valence-electron chi connectivity index (χ1n) is 4.90. The van der Waals surface area contributed by atoms with Gasteiger partial charge in [0.2, 0.25) is 0 Å². The number of allylic oxidation sites excluding steroid dienone is 1. The average Bonchev–Trinajstić information content (AvgIpc) is 2.12. The Bertz CT molecular complexity index is 384. The van der Waals surface area contributed by atoms with E-state index in [2.05, 4.69) is 0 Å². The summed E-state index contributed by atoms with van der Waals surface area (Å²) in [5, 5.41) is 9.86. The lowest BCUT2D eigenvalue weighted by Gasteiger charge is -2.20. The fraction of sp³-hybridized carbons (Fsp3) is 0.308. The molecule has 2 heteroatoms. The highest BCUT2D eigenvalue weighted by atomic mass is 16.3. The smallest absolute Gasteiger partial charge is 0.142 e. The molecule has 0 fully saturated rings. The largest absolute Gasteiger partial charge is 0.386 e. The van der Waals surface area contributed by atoms with Gasteiger partial charge in [0.15, 0.2) is 0 Å². The van der Waals surface area contributed by atoms with E-state index in [0.717, 1.165) is 23.0 Å². The van der Waals surface area contributed by atoms with Crippen molar-refractivity contribution >= 4 is 12.4 Å². The highest BCUT2D eigenvalue weighted by Gasteiger charge is 2.17. The second kappa shape index (κ2) is 4.41. The number of carbonyl (C=O) groups excluding carboxylic acids is 1. The summed E-state index contributed by atoms with van der Waals surface area (Å²) in [7, 11) is 0. The molecule has 0 aromatic heterocycles.